The highest BCUT2D eigenvalue weighted by Crippen LogP contribution is 2.33. The summed E-state index contributed by atoms with van der Waals surface area (Å²) in [6.07, 6.45) is 2.43. The second-order valence-electron chi connectivity index (χ2n) is 8.84. The predicted molar refractivity (Wildman–Crippen MR) is 113 cm³/mol. The third kappa shape index (κ3) is 3.92. The van der Waals surface area contributed by atoms with Crippen LogP contribution in [-0.2, 0) is 17.8 Å². The Morgan fingerprint density at radius 1 is 1.13 bits per heavy atom. The Morgan fingerprint density at radius 2 is 1.87 bits per heavy atom. The van der Waals surface area contributed by atoms with E-state index in [1.165, 1.54) is 6.07 Å². The van der Waals surface area contributed by atoms with Crippen LogP contribution in [0, 0.1) is 5.41 Å². The third-order valence-electron chi connectivity index (χ3n) is 5.74. The van der Waals surface area contributed by atoms with E-state index in [1.807, 2.05) is 38.1 Å². The molecule has 0 bridgehead atoms. The number of fused-ring (bicyclic) bond motifs is 1. The van der Waals surface area contributed by atoms with Crippen molar-refractivity contribution in [2.24, 2.45) is 5.41 Å². The summed E-state index contributed by atoms with van der Waals surface area (Å²) < 4.78 is 0. The monoisotopic (exact) mass is 407 g/mol. The van der Waals surface area contributed by atoms with Gasteiger partial charge in [-0.15, -0.1) is 0 Å². The summed E-state index contributed by atoms with van der Waals surface area (Å²) in [4.78, 5) is 53.8. The second kappa shape index (κ2) is 7.55. The molecular weight excluding hydrogens is 382 g/mol. The number of pyridine rings is 1. The van der Waals surface area contributed by atoms with Gasteiger partial charge in [-0.05, 0) is 42.0 Å². The van der Waals surface area contributed by atoms with E-state index in [9.17, 15) is 19.2 Å². The van der Waals surface area contributed by atoms with Crippen molar-refractivity contribution in [3.8, 4) is 0 Å². The number of nitrogens with one attached hydrogen (secondary N) is 2. The van der Waals surface area contributed by atoms with Gasteiger partial charge in [0.15, 0.2) is 5.78 Å². The molecule has 4 rings (SSSR count). The predicted octanol–water partition coefficient (Wildman–Crippen LogP) is 2.59. The molecule has 0 atom stereocenters. The van der Waals surface area contributed by atoms with E-state index in [0.29, 0.717) is 30.5 Å². The summed E-state index contributed by atoms with van der Waals surface area (Å²) in [6, 6.07) is 8.84. The van der Waals surface area contributed by atoms with E-state index >= 15 is 0 Å². The topological polar surface area (TPSA) is 99.3 Å². The van der Waals surface area contributed by atoms with Gasteiger partial charge in [0.25, 0.3) is 11.5 Å². The molecule has 0 unspecified atom stereocenters. The van der Waals surface area contributed by atoms with Gasteiger partial charge in [-0.25, -0.2) is 0 Å². The molecule has 1 aromatic heterocycles. The zero-order chi connectivity index (χ0) is 21.5. The lowest BCUT2D eigenvalue weighted by Crippen LogP contribution is -2.34. The van der Waals surface area contributed by atoms with Crippen molar-refractivity contribution in [2.45, 2.75) is 46.1 Å². The molecule has 1 fully saturated rings. The maximum Gasteiger partial charge on any atom is 0.261 e. The van der Waals surface area contributed by atoms with E-state index in [1.54, 1.807) is 4.90 Å². The van der Waals surface area contributed by atoms with E-state index in [2.05, 4.69) is 10.3 Å². The first-order valence-corrected chi connectivity index (χ1v) is 10.2. The summed E-state index contributed by atoms with van der Waals surface area (Å²) in [5, 5.41) is 2.74. The first-order chi connectivity index (χ1) is 14.2. The molecule has 156 valence electrons. The number of aromatic nitrogens is 1. The zero-order valence-electron chi connectivity index (χ0n) is 17.2. The lowest BCUT2D eigenvalue weighted by atomic mass is 9.75. The average Bonchev–Trinajstić information content (AvgIpc) is 3.11. The number of hydrogen-bond donors (Lipinski definition) is 2. The third-order valence-corrected chi connectivity index (χ3v) is 5.74. The molecule has 1 aromatic carbocycles. The maximum absolute atomic E-state index is 12.6. The van der Waals surface area contributed by atoms with Crippen molar-refractivity contribution < 1.29 is 14.4 Å². The number of carbonyl (C=O) groups is 3. The van der Waals surface area contributed by atoms with Crippen LogP contribution in [0.15, 0.2) is 35.1 Å². The van der Waals surface area contributed by atoms with Crippen LogP contribution in [0.1, 0.15) is 65.1 Å². The van der Waals surface area contributed by atoms with Crippen molar-refractivity contribution in [1.29, 1.82) is 0 Å². The molecule has 2 aliphatic rings. The molecule has 2 N–H and O–H groups in total. The number of ketones is 1. The number of carbonyl (C=O) groups excluding carboxylic acids is 3. The van der Waals surface area contributed by atoms with Gasteiger partial charge < -0.3 is 15.2 Å². The van der Waals surface area contributed by atoms with Crippen LogP contribution in [0.2, 0.25) is 0 Å². The smallest absolute Gasteiger partial charge is 0.261 e. The van der Waals surface area contributed by atoms with Crippen molar-refractivity contribution >= 4 is 23.3 Å². The summed E-state index contributed by atoms with van der Waals surface area (Å²) in [6.45, 7) is 4.94. The molecule has 30 heavy (non-hydrogen) atoms. The Morgan fingerprint density at radius 3 is 2.53 bits per heavy atom. The minimum Gasteiger partial charge on any atom is -0.348 e. The lowest BCUT2D eigenvalue weighted by molar-refractivity contribution is -0.117. The van der Waals surface area contributed by atoms with Crippen molar-refractivity contribution in [2.75, 3.05) is 11.4 Å². The number of hydrogen-bond acceptors (Lipinski definition) is 4. The fraction of sp³-hybridized carbons (Fsp3) is 0.391. The van der Waals surface area contributed by atoms with Crippen LogP contribution >= 0.6 is 0 Å². The van der Waals surface area contributed by atoms with E-state index in [-0.39, 0.29) is 29.2 Å². The summed E-state index contributed by atoms with van der Waals surface area (Å²) in [7, 11) is 0. The first-order valence-electron chi connectivity index (χ1n) is 10.2. The fourth-order valence-electron chi connectivity index (χ4n) is 4.19. The van der Waals surface area contributed by atoms with E-state index < -0.39 is 11.5 Å². The van der Waals surface area contributed by atoms with Crippen molar-refractivity contribution in [3.05, 3.63) is 63.1 Å². The standard InChI is InChI=1S/C23H25N3O4/c1-23(2)11-18-16(19(27)12-23)10-17(22(30)25-18)21(29)24-13-14-5-7-15(8-6-14)26-9-3-4-20(26)28/h5-8,10H,3-4,9,11-13H2,1-2H3,(H,24,29)(H,25,30). The van der Waals surface area contributed by atoms with E-state index in [0.717, 1.165) is 24.2 Å². The van der Waals surface area contributed by atoms with Crippen molar-refractivity contribution in [3.63, 3.8) is 0 Å². The first kappa shape index (κ1) is 20.1. The fourth-order valence-corrected chi connectivity index (χ4v) is 4.19. The number of Topliss-reactive ketones (excluding diaryl/α,β-unsaturated/α-hetero) is 1. The van der Waals surface area contributed by atoms with Gasteiger partial charge in [-0.2, -0.15) is 0 Å². The van der Waals surface area contributed by atoms with Gasteiger partial charge in [-0.1, -0.05) is 26.0 Å². The minimum absolute atomic E-state index is 0.0545. The molecule has 2 heterocycles. The number of amides is 2. The van der Waals surface area contributed by atoms with Gasteiger partial charge in [0.05, 0.1) is 0 Å². The SMILES string of the molecule is CC1(C)CC(=O)c2cc(C(=O)NCc3ccc(N4CCCC4=O)cc3)c(=O)[nH]c2C1. The molecule has 0 saturated carbocycles. The highest BCUT2D eigenvalue weighted by atomic mass is 16.2. The Kier molecular flexibility index (Phi) is 5.05. The molecule has 1 aliphatic carbocycles. The van der Waals surface area contributed by atoms with Gasteiger partial charge in [-0.3, -0.25) is 19.2 Å². The zero-order valence-corrected chi connectivity index (χ0v) is 17.2. The molecular formula is C23H25N3O4. The summed E-state index contributed by atoms with van der Waals surface area (Å²) in [5.74, 6) is -0.449. The lowest BCUT2D eigenvalue weighted by Gasteiger charge is -2.29. The highest BCUT2D eigenvalue weighted by molar-refractivity contribution is 6.02. The Bertz CT molecular complexity index is 1080. The van der Waals surface area contributed by atoms with Crippen LogP contribution in [0.5, 0.6) is 0 Å². The number of rotatable bonds is 4. The number of benzene rings is 1. The molecule has 0 radical (unpaired) electrons. The van der Waals surface area contributed by atoms with Crippen molar-refractivity contribution in [1.82, 2.24) is 10.3 Å². The highest BCUT2D eigenvalue weighted by Gasteiger charge is 2.32. The molecule has 1 aliphatic heterocycles. The molecule has 1 saturated heterocycles. The normalized spacial score (nSPS) is 17.7. The van der Waals surface area contributed by atoms with Gasteiger partial charge in [0.2, 0.25) is 5.91 Å². The Labute approximate surface area is 174 Å². The Hall–Kier alpha value is -3.22. The molecule has 0 spiro atoms. The maximum atomic E-state index is 12.6. The molecule has 2 aromatic rings. The molecule has 7 heteroatoms. The quantitative estimate of drug-likeness (QED) is 0.814. The number of anilines is 1. The van der Waals surface area contributed by atoms with Crippen LogP contribution < -0.4 is 15.8 Å². The summed E-state index contributed by atoms with van der Waals surface area (Å²) >= 11 is 0. The summed E-state index contributed by atoms with van der Waals surface area (Å²) in [5.41, 5.74) is 1.98. The van der Waals surface area contributed by atoms with Crippen LogP contribution in [0.25, 0.3) is 0 Å². The van der Waals surface area contributed by atoms with Gasteiger partial charge >= 0.3 is 0 Å². The van der Waals surface area contributed by atoms with Gasteiger partial charge in [0.1, 0.15) is 5.56 Å². The average molecular weight is 407 g/mol. The van der Waals surface area contributed by atoms with E-state index in [4.69, 9.17) is 0 Å². The minimum atomic E-state index is -0.518. The molecule has 2 amide bonds. The Balaban J connectivity index is 1.46. The largest absolute Gasteiger partial charge is 0.348 e. The van der Waals surface area contributed by atoms with Crippen LogP contribution in [-0.4, -0.2) is 29.1 Å². The number of nitrogens with zero attached hydrogens (tertiary/aromatic N) is 1. The second-order valence-corrected chi connectivity index (χ2v) is 8.84. The number of H-pyrrole nitrogens is 1. The van der Waals surface area contributed by atoms with Gasteiger partial charge in [0, 0.05) is 42.9 Å². The van der Waals surface area contributed by atoms with Crippen LogP contribution in [0.4, 0.5) is 5.69 Å². The van der Waals surface area contributed by atoms with Crippen LogP contribution in [0.3, 0.4) is 0 Å². The number of aromatic amines is 1. The molecule has 7 nitrogen and oxygen atoms in total.